The average Bonchev–Trinajstić information content (AvgIpc) is 3.23. The van der Waals surface area contributed by atoms with Crippen LogP contribution in [0.1, 0.15) is 44.2 Å². The van der Waals surface area contributed by atoms with E-state index in [4.69, 9.17) is 4.74 Å². The van der Waals surface area contributed by atoms with Gasteiger partial charge in [-0.1, -0.05) is 0 Å². The smallest absolute Gasteiger partial charge is 0.246 e. The molecular weight excluding hydrogens is 394 g/mol. The highest BCUT2D eigenvalue weighted by molar-refractivity contribution is 5.89. The second-order valence-corrected chi connectivity index (χ2v) is 9.68. The maximum Gasteiger partial charge on any atom is 0.246 e. The molecule has 5 atom stereocenters. The van der Waals surface area contributed by atoms with Crippen LogP contribution in [0.3, 0.4) is 0 Å². The van der Waals surface area contributed by atoms with Crippen molar-refractivity contribution in [2.24, 2.45) is 11.8 Å². The van der Waals surface area contributed by atoms with Crippen molar-refractivity contribution in [1.29, 1.82) is 0 Å². The van der Waals surface area contributed by atoms with Gasteiger partial charge in [-0.2, -0.15) is 5.10 Å². The Kier molecular flexibility index (Phi) is 5.58. The molecule has 8 nitrogen and oxygen atoms in total. The molecule has 5 rings (SSSR count). The second-order valence-electron chi connectivity index (χ2n) is 9.68. The number of hydrogen-bond donors (Lipinski definition) is 0. The predicted molar refractivity (Wildman–Crippen MR) is 115 cm³/mol. The second kappa shape index (κ2) is 8.37. The van der Waals surface area contributed by atoms with Gasteiger partial charge in [-0.3, -0.25) is 9.59 Å². The van der Waals surface area contributed by atoms with Crippen molar-refractivity contribution < 1.29 is 14.3 Å². The van der Waals surface area contributed by atoms with Crippen LogP contribution in [0.4, 0.5) is 5.82 Å². The lowest BCUT2D eigenvalue weighted by atomic mass is 9.71. The lowest BCUT2D eigenvalue weighted by molar-refractivity contribution is -0.162. The van der Waals surface area contributed by atoms with Gasteiger partial charge < -0.3 is 19.4 Å². The first-order valence-corrected chi connectivity index (χ1v) is 11.7. The molecule has 0 spiro atoms. The molecule has 0 N–H and O–H groups in total. The summed E-state index contributed by atoms with van der Waals surface area (Å²) < 4.78 is 5.39. The van der Waals surface area contributed by atoms with Crippen molar-refractivity contribution in [3.63, 3.8) is 0 Å². The molecule has 8 heteroatoms. The monoisotopic (exact) mass is 427 g/mol. The van der Waals surface area contributed by atoms with Crippen molar-refractivity contribution in [2.75, 3.05) is 38.3 Å². The SMILES string of the molecule is COC[C@@H]1CCCN1C(=O)[C@H]1[C@@H]2C[C@@H](CN(c3ccc(C)nn3)C2)[C@@H]2CCCC(=O)N21. The molecule has 4 aliphatic rings. The summed E-state index contributed by atoms with van der Waals surface area (Å²) in [4.78, 5) is 33.3. The van der Waals surface area contributed by atoms with Crippen LogP contribution in [0.15, 0.2) is 12.1 Å². The minimum Gasteiger partial charge on any atom is -0.383 e. The number of fused-ring (bicyclic) bond motifs is 4. The number of methoxy groups -OCH3 is 1. The maximum absolute atomic E-state index is 13.9. The number of anilines is 1. The molecular formula is C23H33N5O3. The number of nitrogens with zero attached hydrogens (tertiary/aromatic N) is 5. The van der Waals surface area contributed by atoms with Gasteiger partial charge in [-0.05, 0) is 57.1 Å². The Labute approximate surface area is 183 Å². The molecule has 1 aromatic heterocycles. The average molecular weight is 428 g/mol. The molecule has 5 heterocycles. The number of ether oxygens (including phenoxy) is 1. The van der Waals surface area contributed by atoms with Gasteiger partial charge in [0, 0.05) is 45.1 Å². The Morgan fingerprint density at radius 1 is 1.16 bits per heavy atom. The fourth-order valence-corrected chi connectivity index (χ4v) is 6.38. The topological polar surface area (TPSA) is 78.9 Å². The van der Waals surface area contributed by atoms with Crippen molar-refractivity contribution in [1.82, 2.24) is 20.0 Å². The van der Waals surface area contributed by atoms with E-state index in [9.17, 15) is 9.59 Å². The summed E-state index contributed by atoms with van der Waals surface area (Å²) in [5.74, 6) is 1.66. The Morgan fingerprint density at radius 3 is 2.77 bits per heavy atom. The van der Waals surface area contributed by atoms with Crippen molar-refractivity contribution >= 4 is 17.6 Å². The van der Waals surface area contributed by atoms with E-state index in [0.29, 0.717) is 18.9 Å². The summed E-state index contributed by atoms with van der Waals surface area (Å²) >= 11 is 0. The molecule has 168 valence electrons. The van der Waals surface area contributed by atoms with Gasteiger partial charge in [0.25, 0.3) is 0 Å². The molecule has 4 saturated heterocycles. The van der Waals surface area contributed by atoms with E-state index in [-0.39, 0.29) is 35.9 Å². The van der Waals surface area contributed by atoms with Gasteiger partial charge in [0.05, 0.1) is 18.3 Å². The third kappa shape index (κ3) is 3.69. The van der Waals surface area contributed by atoms with Crippen LogP contribution in [0.2, 0.25) is 0 Å². The van der Waals surface area contributed by atoms with Crippen LogP contribution in [0, 0.1) is 18.8 Å². The van der Waals surface area contributed by atoms with Crippen molar-refractivity contribution in [2.45, 2.75) is 63.6 Å². The molecule has 0 unspecified atom stereocenters. The van der Waals surface area contributed by atoms with Gasteiger partial charge in [0.15, 0.2) is 5.82 Å². The van der Waals surface area contributed by atoms with Gasteiger partial charge in [0.2, 0.25) is 11.8 Å². The molecule has 2 bridgehead atoms. The molecule has 2 amide bonds. The van der Waals surface area contributed by atoms with Crippen LogP contribution < -0.4 is 4.90 Å². The minimum atomic E-state index is -0.368. The first-order chi connectivity index (χ1) is 15.1. The van der Waals surface area contributed by atoms with Crippen LogP contribution in [0.5, 0.6) is 0 Å². The fourth-order valence-electron chi connectivity index (χ4n) is 6.38. The lowest BCUT2D eigenvalue weighted by Crippen LogP contribution is -2.69. The van der Waals surface area contributed by atoms with Gasteiger partial charge in [0.1, 0.15) is 6.04 Å². The van der Waals surface area contributed by atoms with E-state index >= 15 is 0 Å². The summed E-state index contributed by atoms with van der Waals surface area (Å²) in [6.07, 6.45) is 5.45. The number of carbonyl (C=O) groups is 2. The van der Waals surface area contributed by atoms with Crippen LogP contribution >= 0.6 is 0 Å². The highest BCUT2D eigenvalue weighted by Gasteiger charge is 2.53. The number of piperidine rings is 3. The molecule has 0 saturated carbocycles. The van der Waals surface area contributed by atoms with E-state index in [2.05, 4.69) is 15.1 Å². The lowest BCUT2D eigenvalue weighted by Gasteiger charge is -2.56. The maximum atomic E-state index is 13.9. The van der Waals surface area contributed by atoms with Crippen LogP contribution in [0.25, 0.3) is 0 Å². The van der Waals surface area contributed by atoms with E-state index in [0.717, 1.165) is 63.3 Å². The summed E-state index contributed by atoms with van der Waals surface area (Å²) in [5, 5.41) is 8.66. The van der Waals surface area contributed by atoms with E-state index < -0.39 is 0 Å². The van der Waals surface area contributed by atoms with E-state index in [1.165, 1.54) is 0 Å². The number of carbonyl (C=O) groups excluding carboxylic acids is 2. The fraction of sp³-hybridized carbons (Fsp3) is 0.739. The Morgan fingerprint density at radius 2 is 2.00 bits per heavy atom. The third-order valence-electron chi connectivity index (χ3n) is 7.72. The normalized spacial score (nSPS) is 32.9. The molecule has 1 aromatic rings. The van der Waals surface area contributed by atoms with Gasteiger partial charge in [-0.15, -0.1) is 5.10 Å². The van der Waals surface area contributed by atoms with Gasteiger partial charge in [-0.25, -0.2) is 0 Å². The predicted octanol–water partition coefficient (Wildman–Crippen LogP) is 1.63. The first kappa shape index (κ1) is 20.7. The zero-order chi connectivity index (χ0) is 21.5. The quantitative estimate of drug-likeness (QED) is 0.727. The minimum absolute atomic E-state index is 0.122. The third-order valence-corrected chi connectivity index (χ3v) is 7.72. The number of aryl methyl sites for hydroxylation is 1. The zero-order valence-corrected chi connectivity index (χ0v) is 18.6. The van der Waals surface area contributed by atoms with Crippen molar-refractivity contribution in [3.8, 4) is 0 Å². The number of aromatic nitrogens is 2. The van der Waals surface area contributed by atoms with Crippen LogP contribution in [-0.2, 0) is 14.3 Å². The largest absolute Gasteiger partial charge is 0.383 e. The van der Waals surface area contributed by atoms with Crippen molar-refractivity contribution in [3.05, 3.63) is 17.8 Å². The number of amides is 2. The molecule has 0 aliphatic carbocycles. The first-order valence-electron chi connectivity index (χ1n) is 11.7. The number of hydrogen-bond acceptors (Lipinski definition) is 6. The Balaban J connectivity index is 1.45. The molecule has 4 fully saturated rings. The standard InChI is InChI=1S/C23H33N5O3/c1-15-8-9-20(25-24-15)26-12-16-11-17(13-26)22(28-19(16)6-3-7-21(28)29)23(30)27-10-4-5-18(27)14-31-2/h8-9,16-19,22H,3-7,10-14H2,1-2H3/t16-,17+,18-,19-,22+/m0/s1. The Bertz CT molecular complexity index is 831. The summed E-state index contributed by atoms with van der Waals surface area (Å²) in [6, 6.07) is 3.92. The number of likely N-dealkylation sites (tertiary alicyclic amines) is 1. The highest BCUT2D eigenvalue weighted by atomic mass is 16.5. The van der Waals surface area contributed by atoms with Crippen LogP contribution in [-0.4, -0.2) is 83.3 Å². The summed E-state index contributed by atoms with van der Waals surface area (Å²) in [5.41, 5.74) is 0.899. The highest BCUT2D eigenvalue weighted by Crippen LogP contribution is 2.43. The molecule has 0 radical (unpaired) electrons. The molecule has 31 heavy (non-hydrogen) atoms. The Hall–Kier alpha value is -2.22. The number of rotatable bonds is 4. The molecule has 4 aliphatic heterocycles. The zero-order valence-electron chi connectivity index (χ0n) is 18.6. The summed E-state index contributed by atoms with van der Waals surface area (Å²) in [7, 11) is 1.69. The summed E-state index contributed by atoms with van der Waals surface area (Å²) in [6.45, 7) is 4.88. The van der Waals surface area contributed by atoms with E-state index in [1.54, 1.807) is 7.11 Å². The molecule has 0 aromatic carbocycles. The van der Waals surface area contributed by atoms with E-state index in [1.807, 2.05) is 28.9 Å². The van der Waals surface area contributed by atoms with Gasteiger partial charge >= 0.3 is 0 Å².